The van der Waals surface area contributed by atoms with Gasteiger partial charge in [-0.25, -0.2) is 9.07 Å². The highest BCUT2D eigenvalue weighted by molar-refractivity contribution is 6.06. The molecule has 0 radical (unpaired) electrons. The zero-order valence-corrected chi connectivity index (χ0v) is 16.0. The van der Waals surface area contributed by atoms with Crippen LogP contribution in [0.25, 0.3) is 27.4 Å². The van der Waals surface area contributed by atoms with Crippen molar-refractivity contribution in [1.29, 1.82) is 0 Å². The van der Waals surface area contributed by atoms with Crippen LogP contribution < -0.4 is 5.32 Å². The minimum Gasteiger partial charge on any atom is -0.348 e. The summed E-state index contributed by atoms with van der Waals surface area (Å²) in [6, 6.07) is 25.8. The Kier molecular flexibility index (Phi) is 4.48. The summed E-state index contributed by atoms with van der Waals surface area (Å²) in [6.07, 6.45) is 1.67. The molecule has 1 N–H and O–H groups in total. The molecule has 0 atom stereocenters. The molecule has 5 rings (SSSR count). The standard InChI is InChI=1S/C25H18FN3O/c26-19-11-13-20(14-12-19)29-24-10-4-9-22(23(24)16-28-29)25(30)27-15-18-7-3-6-17-5-1-2-8-21(17)18/h1-14,16H,15H2,(H,27,30). The number of halogens is 1. The molecule has 0 fully saturated rings. The number of benzene rings is 4. The molecule has 0 saturated carbocycles. The van der Waals surface area contributed by atoms with E-state index in [-0.39, 0.29) is 11.7 Å². The SMILES string of the molecule is O=C(NCc1cccc2ccccc12)c1cccc2c1cnn2-c1ccc(F)cc1. The lowest BCUT2D eigenvalue weighted by molar-refractivity contribution is 0.0952. The van der Waals surface area contributed by atoms with Crippen molar-refractivity contribution in [3.63, 3.8) is 0 Å². The number of fused-ring (bicyclic) bond motifs is 2. The van der Waals surface area contributed by atoms with Crippen molar-refractivity contribution in [3.8, 4) is 5.69 Å². The van der Waals surface area contributed by atoms with Crippen molar-refractivity contribution in [1.82, 2.24) is 15.1 Å². The minimum absolute atomic E-state index is 0.160. The molecular weight excluding hydrogens is 377 g/mol. The highest BCUT2D eigenvalue weighted by Crippen LogP contribution is 2.23. The first-order valence-electron chi connectivity index (χ1n) is 9.68. The van der Waals surface area contributed by atoms with Crippen molar-refractivity contribution < 1.29 is 9.18 Å². The van der Waals surface area contributed by atoms with Crippen LogP contribution in [0.1, 0.15) is 15.9 Å². The van der Waals surface area contributed by atoms with Crippen LogP contribution in [-0.4, -0.2) is 15.7 Å². The number of aromatic nitrogens is 2. The summed E-state index contributed by atoms with van der Waals surface area (Å²) in [5, 5.41) is 10.5. The maximum atomic E-state index is 13.3. The van der Waals surface area contributed by atoms with E-state index in [0.29, 0.717) is 12.1 Å². The van der Waals surface area contributed by atoms with Crippen molar-refractivity contribution in [2.24, 2.45) is 0 Å². The molecule has 0 spiro atoms. The molecule has 0 aliphatic heterocycles. The summed E-state index contributed by atoms with van der Waals surface area (Å²) in [6.45, 7) is 0.433. The highest BCUT2D eigenvalue weighted by atomic mass is 19.1. The number of rotatable bonds is 4. The number of hydrogen-bond acceptors (Lipinski definition) is 2. The average molecular weight is 395 g/mol. The molecule has 1 heterocycles. The van der Waals surface area contributed by atoms with Gasteiger partial charge in [-0.05, 0) is 52.7 Å². The Hall–Kier alpha value is -3.99. The van der Waals surface area contributed by atoms with Gasteiger partial charge in [0.2, 0.25) is 0 Å². The Labute approximate surface area is 172 Å². The molecule has 4 nitrogen and oxygen atoms in total. The zero-order valence-electron chi connectivity index (χ0n) is 16.0. The van der Waals surface area contributed by atoms with Gasteiger partial charge in [0.15, 0.2) is 0 Å². The van der Waals surface area contributed by atoms with Gasteiger partial charge in [0.25, 0.3) is 5.91 Å². The first-order valence-corrected chi connectivity index (χ1v) is 9.68. The van der Waals surface area contributed by atoms with E-state index in [9.17, 15) is 9.18 Å². The molecule has 0 unspecified atom stereocenters. The second kappa shape index (κ2) is 7.44. The first-order chi connectivity index (χ1) is 14.7. The second-order valence-corrected chi connectivity index (χ2v) is 7.09. The first kappa shape index (κ1) is 18.1. The molecule has 0 saturated heterocycles. The summed E-state index contributed by atoms with van der Waals surface area (Å²) in [5.41, 5.74) is 3.15. The van der Waals surface area contributed by atoms with Crippen LogP contribution in [0.5, 0.6) is 0 Å². The molecule has 0 bridgehead atoms. The Balaban J connectivity index is 1.44. The summed E-state index contributed by atoms with van der Waals surface area (Å²) < 4.78 is 15.0. The van der Waals surface area contributed by atoms with Gasteiger partial charge in [0.05, 0.1) is 23.0 Å². The number of carbonyl (C=O) groups is 1. The van der Waals surface area contributed by atoms with E-state index in [2.05, 4.69) is 28.6 Å². The average Bonchev–Trinajstić information content (AvgIpc) is 3.22. The van der Waals surface area contributed by atoms with E-state index in [0.717, 1.165) is 32.9 Å². The molecular formula is C25H18FN3O. The van der Waals surface area contributed by atoms with Crippen molar-refractivity contribution in [2.75, 3.05) is 0 Å². The molecule has 4 aromatic carbocycles. The predicted octanol–water partition coefficient (Wildman–Crippen LogP) is 5.25. The maximum absolute atomic E-state index is 13.3. The molecule has 30 heavy (non-hydrogen) atoms. The third-order valence-corrected chi connectivity index (χ3v) is 5.25. The third-order valence-electron chi connectivity index (χ3n) is 5.25. The minimum atomic E-state index is -0.302. The largest absolute Gasteiger partial charge is 0.348 e. The van der Waals surface area contributed by atoms with E-state index in [4.69, 9.17) is 0 Å². The maximum Gasteiger partial charge on any atom is 0.252 e. The zero-order chi connectivity index (χ0) is 20.5. The lowest BCUT2D eigenvalue weighted by atomic mass is 10.0. The number of nitrogens with zero attached hydrogens (tertiary/aromatic N) is 2. The van der Waals surface area contributed by atoms with Gasteiger partial charge >= 0.3 is 0 Å². The lowest BCUT2D eigenvalue weighted by Gasteiger charge is -2.09. The van der Waals surface area contributed by atoms with Gasteiger partial charge in [-0.15, -0.1) is 0 Å². The van der Waals surface area contributed by atoms with Gasteiger partial charge < -0.3 is 5.32 Å². The van der Waals surface area contributed by atoms with Crippen LogP contribution in [0, 0.1) is 5.82 Å². The van der Waals surface area contributed by atoms with E-state index in [1.165, 1.54) is 12.1 Å². The summed E-state index contributed by atoms with van der Waals surface area (Å²) >= 11 is 0. The van der Waals surface area contributed by atoms with E-state index < -0.39 is 0 Å². The molecule has 0 aliphatic rings. The highest BCUT2D eigenvalue weighted by Gasteiger charge is 2.14. The Morgan fingerprint density at radius 2 is 1.63 bits per heavy atom. The normalized spacial score (nSPS) is 11.1. The van der Waals surface area contributed by atoms with Gasteiger partial charge in [-0.2, -0.15) is 5.10 Å². The molecule has 5 heteroatoms. The van der Waals surface area contributed by atoms with E-state index in [1.807, 2.05) is 36.4 Å². The quantitative estimate of drug-likeness (QED) is 0.452. The van der Waals surface area contributed by atoms with E-state index >= 15 is 0 Å². The second-order valence-electron chi connectivity index (χ2n) is 7.09. The van der Waals surface area contributed by atoms with Crippen LogP contribution in [0.4, 0.5) is 4.39 Å². The van der Waals surface area contributed by atoms with Crippen LogP contribution in [0.3, 0.4) is 0 Å². The fourth-order valence-corrected chi connectivity index (χ4v) is 3.75. The van der Waals surface area contributed by atoms with Crippen molar-refractivity contribution >= 4 is 27.6 Å². The molecule has 1 aromatic heterocycles. The Morgan fingerprint density at radius 3 is 2.50 bits per heavy atom. The molecule has 146 valence electrons. The van der Waals surface area contributed by atoms with Crippen molar-refractivity contribution in [2.45, 2.75) is 6.54 Å². The van der Waals surface area contributed by atoms with Crippen LogP contribution in [-0.2, 0) is 6.54 Å². The van der Waals surface area contributed by atoms with Crippen molar-refractivity contribution in [3.05, 3.63) is 108 Å². The van der Waals surface area contributed by atoms with Crippen LogP contribution >= 0.6 is 0 Å². The predicted molar refractivity (Wildman–Crippen MR) is 116 cm³/mol. The third kappa shape index (κ3) is 3.20. The van der Waals surface area contributed by atoms with Gasteiger partial charge in [0.1, 0.15) is 5.82 Å². The van der Waals surface area contributed by atoms with Gasteiger partial charge in [-0.1, -0.05) is 48.5 Å². The number of carbonyl (C=O) groups excluding carboxylic acids is 1. The monoisotopic (exact) mass is 395 g/mol. The topological polar surface area (TPSA) is 46.9 Å². The Bertz CT molecular complexity index is 1370. The Morgan fingerprint density at radius 1 is 0.867 bits per heavy atom. The number of amides is 1. The molecule has 1 amide bonds. The molecule has 5 aromatic rings. The molecule has 0 aliphatic carbocycles. The van der Waals surface area contributed by atoms with Gasteiger partial charge in [0, 0.05) is 11.9 Å². The lowest BCUT2D eigenvalue weighted by Crippen LogP contribution is -2.23. The van der Waals surface area contributed by atoms with Gasteiger partial charge in [-0.3, -0.25) is 4.79 Å². The van der Waals surface area contributed by atoms with Crippen LogP contribution in [0.15, 0.2) is 91.1 Å². The fourth-order valence-electron chi connectivity index (χ4n) is 3.75. The summed E-state index contributed by atoms with van der Waals surface area (Å²) in [7, 11) is 0. The summed E-state index contributed by atoms with van der Waals surface area (Å²) in [4.78, 5) is 13.0. The number of nitrogens with one attached hydrogen (secondary N) is 1. The smallest absolute Gasteiger partial charge is 0.252 e. The summed E-state index contributed by atoms with van der Waals surface area (Å²) in [5.74, 6) is -0.462. The fraction of sp³-hybridized carbons (Fsp3) is 0.0400. The van der Waals surface area contributed by atoms with Crippen LogP contribution in [0.2, 0.25) is 0 Å². The van der Waals surface area contributed by atoms with E-state index in [1.54, 1.807) is 29.1 Å². The number of hydrogen-bond donors (Lipinski definition) is 1.